The molecule has 1 atom stereocenters. The molecule has 0 heterocycles. The van der Waals surface area contributed by atoms with Crippen molar-refractivity contribution in [2.24, 2.45) is 0 Å². The summed E-state index contributed by atoms with van der Waals surface area (Å²) in [6.45, 7) is 3.25. The van der Waals surface area contributed by atoms with Crippen LogP contribution in [0.5, 0.6) is 0 Å². The zero-order chi connectivity index (χ0) is 9.40. The first-order valence-electron chi connectivity index (χ1n) is 4.99. The summed E-state index contributed by atoms with van der Waals surface area (Å²) in [4.78, 5) is 2.16. The van der Waals surface area contributed by atoms with Gasteiger partial charge in [-0.1, -0.05) is 19.8 Å². The molecule has 0 aromatic rings. The van der Waals surface area contributed by atoms with Crippen molar-refractivity contribution in [3.05, 3.63) is 0 Å². The molecule has 0 aliphatic heterocycles. The molecule has 0 saturated carbocycles. The van der Waals surface area contributed by atoms with E-state index in [-0.39, 0.29) is 6.10 Å². The van der Waals surface area contributed by atoms with E-state index in [1.165, 1.54) is 6.42 Å². The number of nitrogens with zero attached hydrogens (tertiary/aromatic N) is 1. The Morgan fingerprint density at radius 2 is 1.75 bits per heavy atom. The Labute approximate surface area is 76.6 Å². The van der Waals surface area contributed by atoms with Crippen molar-refractivity contribution >= 4 is 0 Å². The molecule has 0 spiro atoms. The van der Waals surface area contributed by atoms with Crippen LogP contribution in [0.1, 0.15) is 39.0 Å². The molecule has 12 heavy (non-hydrogen) atoms. The molecule has 0 aliphatic rings. The molecule has 2 heteroatoms. The maximum atomic E-state index is 9.47. The molecule has 0 fully saturated rings. The molecule has 0 rings (SSSR count). The summed E-state index contributed by atoms with van der Waals surface area (Å²) in [7, 11) is 4.14. The summed E-state index contributed by atoms with van der Waals surface area (Å²) in [6.07, 6.45) is 5.32. The average molecular weight is 173 g/mol. The van der Waals surface area contributed by atoms with Crippen molar-refractivity contribution in [3.8, 4) is 0 Å². The first kappa shape index (κ1) is 11.9. The molecular formula is C10H23NO. The van der Waals surface area contributed by atoms with Crippen LogP contribution in [0, 0.1) is 0 Å². The first-order chi connectivity index (χ1) is 5.66. The van der Waals surface area contributed by atoms with Gasteiger partial charge in [0.25, 0.3) is 0 Å². The minimum absolute atomic E-state index is 0.0649. The third kappa shape index (κ3) is 8.02. The highest BCUT2D eigenvalue weighted by atomic mass is 16.3. The zero-order valence-electron chi connectivity index (χ0n) is 8.71. The fourth-order valence-corrected chi connectivity index (χ4v) is 1.23. The lowest BCUT2D eigenvalue weighted by molar-refractivity contribution is 0.145. The largest absolute Gasteiger partial charge is 0.393 e. The predicted molar refractivity (Wildman–Crippen MR) is 53.3 cm³/mol. The van der Waals surface area contributed by atoms with Gasteiger partial charge in [-0.25, -0.2) is 0 Å². The monoisotopic (exact) mass is 173 g/mol. The van der Waals surface area contributed by atoms with Crippen LogP contribution < -0.4 is 0 Å². The van der Waals surface area contributed by atoms with E-state index >= 15 is 0 Å². The van der Waals surface area contributed by atoms with Gasteiger partial charge in [0.2, 0.25) is 0 Å². The number of aliphatic hydroxyl groups is 1. The SMILES string of the molecule is CCCC[C@H](O)CCCN(C)C. The van der Waals surface area contributed by atoms with Gasteiger partial charge in [0.15, 0.2) is 0 Å². The van der Waals surface area contributed by atoms with Crippen molar-refractivity contribution in [2.75, 3.05) is 20.6 Å². The van der Waals surface area contributed by atoms with E-state index in [2.05, 4.69) is 25.9 Å². The van der Waals surface area contributed by atoms with Gasteiger partial charge in [0, 0.05) is 0 Å². The minimum Gasteiger partial charge on any atom is -0.393 e. The summed E-state index contributed by atoms with van der Waals surface area (Å²) in [6, 6.07) is 0. The molecule has 1 N–H and O–H groups in total. The highest BCUT2D eigenvalue weighted by Crippen LogP contribution is 2.06. The summed E-state index contributed by atoms with van der Waals surface area (Å²) in [5.74, 6) is 0. The molecule has 0 aliphatic carbocycles. The van der Waals surface area contributed by atoms with E-state index in [0.29, 0.717) is 0 Å². The molecule has 0 saturated heterocycles. The van der Waals surface area contributed by atoms with Gasteiger partial charge in [-0.05, 0) is 39.9 Å². The molecule has 0 amide bonds. The van der Waals surface area contributed by atoms with Crippen LogP contribution in [-0.2, 0) is 0 Å². The van der Waals surface area contributed by atoms with Crippen molar-refractivity contribution in [1.82, 2.24) is 4.90 Å². The van der Waals surface area contributed by atoms with Crippen LogP contribution in [0.2, 0.25) is 0 Å². The Hall–Kier alpha value is -0.0800. The number of rotatable bonds is 7. The number of aliphatic hydroxyl groups excluding tert-OH is 1. The lowest BCUT2D eigenvalue weighted by Crippen LogP contribution is -2.15. The molecule has 74 valence electrons. The third-order valence-electron chi connectivity index (χ3n) is 2.03. The van der Waals surface area contributed by atoms with Crippen LogP contribution in [0.4, 0.5) is 0 Å². The molecule has 0 radical (unpaired) electrons. The van der Waals surface area contributed by atoms with Gasteiger partial charge in [0.05, 0.1) is 6.10 Å². The maximum Gasteiger partial charge on any atom is 0.0540 e. The van der Waals surface area contributed by atoms with E-state index in [1.807, 2.05) is 0 Å². The fraction of sp³-hybridized carbons (Fsp3) is 1.00. The number of hydrogen-bond donors (Lipinski definition) is 1. The molecule has 0 aromatic carbocycles. The highest BCUT2D eigenvalue weighted by molar-refractivity contribution is 4.56. The second kappa shape index (κ2) is 7.56. The second-order valence-electron chi connectivity index (χ2n) is 3.74. The van der Waals surface area contributed by atoms with Gasteiger partial charge in [0.1, 0.15) is 0 Å². The van der Waals surface area contributed by atoms with Gasteiger partial charge < -0.3 is 10.0 Å². The van der Waals surface area contributed by atoms with Crippen LogP contribution in [0.15, 0.2) is 0 Å². The third-order valence-corrected chi connectivity index (χ3v) is 2.03. The van der Waals surface area contributed by atoms with Crippen molar-refractivity contribution in [3.63, 3.8) is 0 Å². The lowest BCUT2D eigenvalue weighted by Gasteiger charge is -2.12. The van der Waals surface area contributed by atoms with Crippen LogP contribution in [0.3, 0.4) is 0 Å². The van der Waals surface area contributed by atoms with Gasteiger partial charge >= 0.3 is 0 Å². The van der Waals surface area contributed by atoms with E-state index in [4.69, 9.17) is 0 Å². The van der Waals surface area contributed by atoms with E-state index < -0.39 is 0 Å². The summed E-state index contributed by atoms with van der Waals surface area (Å²) in [5.41, 5.74) is 0. The zero-order valence-corrected chi connectivity index (χ0v) is 8.71. The molecular weight excluding hydrogens is 150 g/mol. The smallest absolute Gasteiger partial charge is 0.0540 e. The average Bonchev–Trinajstić information content (AvgIpc) is 2.00. The number of unbranched alkanes of at least 4 members (excludes halogenated alkanes) is 1. The summed E-state index contributed by atoms with van der Waals surface area (Å²) < 4.78 is 0. The molecule has 0 bridgehead atoms. The Kier molecular flexibility index (Phi) is 7.51. The van der Waals surface area contributed by atoms with Gasteiger partial charge in [-0.15, -0.1) is 0 Å². The van der Waals surface area contributed by atoms with Crippen molar-refractivity contribution in [1.29, 1.82) is 0 Å². The molecule has 0 unspecified atom stereocenters. The Morgan fingerprint density at radius 1 is 1.17 bits per heavy atom. The van der Waals surface area contributed by atoms with Crippen LogP contribution in [-0.4, -0.2) is 36.8 Å². The maximum absolute atomic E-state index is 9.47. The minimum atomic E-state index is -0.0649. The normalized spacial score (nSPS) is 13.8. The topological polar surface area (TPSA) is 23.5 Å². The van der Waals surface area contributed by atoms with Gasteiger partial charge in [-0.3, -0.25) is 0 Å². The van der Waals surface area contributed by atoms with Gasteiger partial charge in [-0.2, -0.15) is 0 Å². The van der Waals surface area contributed by atoms with Crippen molar-refractivity contribution in [2.45, 2.75) is 45.1 Å². The quantitative estimate of drug-likeness (QED) is 0.635. The van der Waals surface area contributed by atoms with E-state index in [9.17, 15) is 5.11 Å². The highest BCUT2D eigenvalue weighted by Gasteiger charge is 2.02. The summed E-state index contributed by atoms with van der Waals surface area (Å²) >= 11 is 0. The Morgan fingerprint density at radius 3 is 2.25 bits per heavy atom. The van der Waals surface area contributed by atoms with Crippen LogP contribution in [0.25, 0.3) is 0 Å². The Bertz CT molecular complexity index is 93.8. The second-order valence-corrected chi connectivity index (χ2v) is 3.74. The van der Waals surface area contributed by atoms with Crippen molar-refractivity contribution < 1.29 is 5.11 Å². The lowest BCUT2D eigenvalue weighted by atomic mass is 10.1. The van der Waals surface area contributed by atoms with E-state index in [0.717, 1.165) is 32.2 Å². The molecule has 2 nitrogen and oxygen atoms in total. The van der Waals surface area contributed by atoms with E-state index in [1.54, 1.807) is 0 Å². The standard InChI is InChI=1S/C10H23NO/c1-4-5-7-10(12)8-6-9-11(2)3/h10,12H,4-9H2,1-3H3/t10-/m0/s1. The fourth-order valence-electron chi connectivity index (χ4n) is 1.23. The Balaban J connectivity index is 3.13. The first-order valence-corrected chi connectivity index (χ1v) is 4.99. The summed E-state index contributed by atoms with van der Waals surface area (Å²) in [5, 5.41) is 9.47. The number of hydrogen-bond acceptors (Lipinski definition) is 2. The molecule has 0 aromatic heterocycles. The van der Waals surface area contributed by atoms with Crippen LogP contribution >= 0.6 is 0 Å². The predicted octanol–water partition coefficient (Wildman–Crippen LogP) is 1.88.